The van der Waals surface area contributed by atoms with Crippen LogP contribution in [0.3, 0.4) is 0 Å². The van der Waals surface area contributed by atoms with Gasteiger partial charge in [-0.15, -0.1) is 0 Å². The van der Waals surface area contributed by atoms with Gasteiger partial charge in [0, 0.05) is 59.3 Å². The molecule has 0 N–H and O–H groups in total. The van der Waals surface area contributed by atoms with Gasteiger partial charge < -0.3 is 19.1 Å². The van der Waals surface area contributed by atoms with Gasteiger partial charge in [0.05, 0.1) is 12.8 Å². The van der Waals surface area contributed by atoms with E-state index in [1.807, 2.05) is 4.90 Å². The molecule has 0 unspecified atom stereocenters. The molecular formula is C17H24N4O4. The van der Waals surface area contributed by atoms with Crippen molar-refractivity contribution < 1.29 is 18.8 Å². The minimum Gasteiger partial charge on any atom is -0.459 e. The largest absolute Gasteiger partial charge is 0.459 e. The van der Waals surface area contributed by atoms with E-state index in [-0.39, 0.29) is 17.7 Å². The van der Waals surface area contributed by atoms with E-state index >= 15 is 0 Å². The number of piperazine rings is 2. The van der Waals surface area contributed by atoms with E-state index < -0.39 is 0 Å². The number of hydrogen-bond donors (Lipinski definition) is 0. The molecule has 2 saturated heterocycles. The van der Waals surface area contributed by atoms with Gasteiger partial charge in [0.25, 0.3) is 5.91 Å². The topological polar surface area (TPSA) is 77.3 Å². The first kappa shape index (κ1) is 17.5. The Morgan fingerprint density at radius 2 is 1.52 bits per heavy atom. The van der Waals surface area contributed by atoms with E-state index in [2.05, 4.69) is 4.90 Å². The number of carbonyl (C=O) groups excluding carboxylic acids is 3. The summed E-state index contributed by atoms with van der Waals surface area (Å²) in [7, 11) is 0. The molecule has 3 amide bonds. The summed E-state index contributed by atoms with van der Waals surface area (Å²) in [4.78, 5) is 43.4. The number of furan rings is 1. The lowest BCUT2D eigenvalue weighted by atomic mass is 10.2. The van der Waals surface area contributed by atoms with Crippen LogP contribution in [0.5, 0.6) is 0 Å². The Kier molecular flexibility index (Phi) is 5.37. The summed E-state index contributed by atoms with van der Waals surface area (Å²) in [5, 5.41) is 0. The van der Waals surface area contributed by atoms with Crippen LogP contribution in [-0.2, 0) is 9.59 Å². The van der Waals surface area contributed by atoms with Crippen molar-refractivity contribution in [1.82, 2.24) is 19.6 Å². The van der Waals surface area contributed by atoms with Crippen molar-refractivity contribution in [2.75, 3.05) is 58.9 Å². The van der Waals surface area contributed by atoms with Crippen molar-refractivity contribution >= 4 is 17.7 Å². The molecule has 0 atom stereocenters. The second-order valence-corrected chi connectivity index (χ2v) is 6.43. The third-order valence-electron chi connectivity index (χ3n) is 4.83. The fraction of sp³-hybridized carbons (Fsp3) is 0.588. The summed E-state index contributed by atoms with van der Waals surface area (Å²) in [5.74, 6) is 0.405. The molecule has 0 aliphatic carbocycles. The number of carbonyl (C=O) groups is 3. The fourth-order valence-corrected chi connectivity index (χ4v) is 3.23. The van der Waals surface area contributed by atoms with Gasteiger partial charge in [0.1, 0.15) is 0 Å². The third kappa shape index (κ3) is 4.19. The van der Waals surface area contributed by atoms with E-state index in [0.29, 0.717) is 64.7 Å². The molecule has 2 aliphatic rings. The van der Waals surface area contributed by atoms with Crippen LogP contribution in [0.4, 0.5) is 0 Å². The average molecular weight is 348 g/mol. The van der Waals surface area contributed by atoms with Crippen LogP contribution >= 0.6 is 0 Å². The Labute approximate surface area is 146 Å². The predicted molar refractivity (Wildman–Crippen MR) is 89.9 cm³/mol. The molecule has 0 saturated carbocycles. The molecule has 3 rings (SSSR count). The second kappa shape index (κ2) is 7.69. The molecule has 2 aliphatic heterocycles. The smallest absolute Gasteiger partial charge is 0.289 e. The SMILES string of the molecule is CC(=O)N1CCN(C(=O)CN2CCN(C(=O)c3ccco3)CC2)CC1. The highest BCUT2D eigenvalue weighted by molar-refractivity contribution is 5.91. The van der Waals surface area contributed by atoms with E-state index in [9.17, 15) is 14.4 Å². The molecule has 8 nitrogen and oxygen atoms in total. The van der Waals surface area contributed by atoms with Gasteiger partial charge in [-0.25, -0.2) is 0 Å². The number of amides is 3. The highest BCUT2D eigenvalue weighted by atomic mass is 16.3. The van der Waals surface area contributed by atoms with Crippen LogP contribution in [0.25, 0.3) is 0 Å². The number of rotatable bonds is 3. The van der Waals surface area contributed by atoms with Crippen LogP contribution < -0.4 is 0 Å². The molecule has 0 radical (unpaired) electrons. The Morgan fingerprint density at radius 3 is 2.08 bits per heavy atom. The average Bonchev–Trinajstić information content (AvgIpc) is 3.16. The molecule has 1 aromatic heterocycles. The predicted octanol–water partition coefficient (Wildman–Crippen LogP) is -0.272. The summed E-state index contributed by atoms with van der Waals surface area (Å²) >= 11 is 0. The van der Waals surface area contributed by atoms with Crippen LogP contribution in [0.1, 0.15) is 17.5 Å². The summed E-state index contributed by atoms with van der Waals surface area (Å²) in [6.07, 6.45) is 1.49. The minimum absolute atomic E-state index is 0.0597. The Hall–Kier alpha value is -2.35. The van der Waals surface area contributed by atoms with Crippen molar-refractivity contribution in [2.45, 2.75) is 6.92 Å². The third-order valence-corrected chi connectivity index (χ3v) is 4.83. The van der Waals surface area contributed by atoms with Gasteiger partial charge in [-0.2, -0.15) is 0 Å². The second-order valence-electron chi connectivity index (χ2n) is 6.43. The van der Waals surface area contributed by atoms with Crippen molar-refractivity contribution in [3.63, 3.8) is 0 Å². The lowest BCUT2D eigenvalue weighted by molar-refractivity contribution is -0.139. The Morgan fingerprint density at radius 1 is 0.920 bits per heavy atom. The summed E-state index contributed by atoms with van der Waals surface area (Å²) < 4.78 is 5.15. The fourth-order valence-electron chi connectivity index (χ4n) is 3.23. The Balaban J connectivity index is 1.42. The minimum atomic E-state index is -0.101. The molecule has 8 heteroatoms. The van der Waals surface area contributed by atoms with Crippen molar-refractivity contribution in [3.05, 3.63) is 24.2 Å². The van der Waals surface area contributed by atoms with Crippen molar-refractivity contribution in [2.24, 2.45) is 0 Å². The maximum atomic E-state index is 12.4. The number of nitrogens with zero attached hydrogens (tertiary/aromatic N) is 4. The first-order valence-electron chi connectivity index (χ1n) is 8.63. The summed E-state index contributed by atoms with van der Waals surface area (Å²) in [5.41, 5.74) is 0. The summed E-state index contributed by atoms with van der Waals surface area (Å²) in [6.45, 7) is 6.83. The first-order chi connectivity index (χ1) is 12.0. The first-order valence-corrected chi connectivity index (χ1v) is 8.63. The molecule has 1 aromatic rings. The number of hydrogen-bond acceptors (Lipinski definition) is 5. The van der Waals surface area contributed by atoms with Gasteiger partial charge in [-0.3, -0.25) is 19.3 Å². The van der Waals surface area contributed by atoms with Crippen LogP contribution in [0, 0.1) is 0 Å². The van der Waals surface area contributed by atoms with Gasteiger partial charge in [0.2, 0.25) is 11.8 Å². The van der Waals surface area contributed by atoms with Crippen LogP contribution in [-0.4, -0.2) is 96.2 Å². The normalized spacial score (nSPS) is 19.2. The van der Waals surface area contributed by atoms with E-state index in [1.54, 1.807) is 28.9 Å². The maximum absolute atomic E-state index is 12.4. The molecule has 0 spiro atoms. The van der Waals surface area contributed by atoms with Crippen LogP contribution in [0.15, 0.2) is 22.8 Å². The molecular weight excluding hydrogens is 324 g/mol. The van der Waals surface area contributed by atoms with Crippen molar-refractivity contribution in [1.29, 1.82) is 0 Å². The monoisotopic (exact) mass is 348 g/mol. The zero-order chi connectivity index (χ0) is 17.8. The van der Waals surface area contributed by atoms with Crippen LogP contribution in [0.2, 0.25) is 0 Å². The lowest BCUT2D eigenvalue weighted by Gasteiger charge is -2.37. The highest BCUT2D eigenvalue weighted by Gasteiger charge is 2.27. The molecule has 2 fully saturated rings. The van der Waals surface area contributed by atoms with Gasteiger partial charge >= 0.3 is 0 Å². The zero-order valence-electron chi connectivity index (χ0n) is 14.5. The van der Waals surface area contributed by atoms with Gasteiger partial charge in [-0.1, -0.05) is 0 Å². The molecule has 25 heavy (non-hydrogen) atoms. The lowest BCUT2D eigenvalue weighted by Crippen LogP contribution is -2.54. The molecule has 136 valence electrons. The summed E-state index contributed by atoms with van der Waals surface area (Å²) in [6, 6.07) is 3.37. The van der Waals surface area contributed by atoms with Gasteiger partial charge in [-0.05, 0) is 12.1 Å². The zero-order valence-corrected chi connectivity index (χ0v) is 14.5. The standard InChI is InChI=1S/C17H24N4O4/c1-14(22)19-8-10-20(11-9-19)16(23)13-18-4-6-21(7-5-18)17(24)15-3-2-12-25-15/h2-3,12H,4-11,13H2,1H3. The Bertz CT molecular complexity index is 615. The molecule has 3 heterocycles. The van der Waals surface area contributed by atoms with E-state index in [1.165, 1.54) is 6.26 Å². The van der Waals surface area contributed by atoms with Crippen molar-refractivity contribution in [3.8, 4) is 0 Å². The van der Waals surface area contributed by atoms with E-state index in [4.69, 9.17) is 4.42 Å². The highest BCUT2D eigenvalue weighted by Crippen LogP contribution is 2.10. The molecule has 0 bridgehead atoms. The van der Waals surface area contributed by atoms with E-state index in [0.717, 1.165) is 0 Å². The maximum Gasteiger partial charge on any atom is 0.289 e. The molecule has 0 aromatic carbocycles. The van der Waals surface area contributed by atoms with Gasteiger partial charge in [0.15, 0.2) is 5.76 Å². The quantitative estimate of drug-likeness (QED) is 0.751.